The molecule has 0 bridgehead atoms. The quantitative estimate of drug-likeness (QED) is 0.623. The van der Waals surface area contributed by atoms with Crippen molar-refractivity contribution in [1.29, 1.82) is 0 Å². The highest BCUT2D eigenvalue weighted by Crippen LogP contribution is 2.39. The summed E-state index contributed by atoms with van der Waals surface area (Å²) in [5, 5.41) is 5.80. The van der Waals surface area contributed by atoms with E-state index < -0.39 is 0 Å². The van der Waals surface area contributed by atoms with E-state index in [0.717, 1.165) is 27.9 Å². The van der Waals surface area contributed by atoms with Crippen LogP contribution in [-0.4, -0.2) is 26.6 Å². The zero-order valence-corrected chi connectivity index (χ0v) is 17.9. The molecule has 8 heteroatoms. The molecule has 0 spiro atoms. The standard InChI is InChI=1S/C21H27N5O3/c1-10(2)23-20(27)24-16-11(3)13(5)18(14(6)12(16)4)29-15-8-9-22-19-17(15)26(7)21(28)25-19/h8-10H,1-7H3,(H,22,25,28)(H2,23,24,27). The molecule has 0 saturated heterocycles. The van der Waals surface area contributed by atoms with Gasteiger partial charge in [-0.1, -0.05) is 0 Å². The minimum atomic E-state index is -0.250. The third-order valence-corrected chi connectivity index (χ3v) is 5.18. The third kappa shape index (κ3) is 3.70. The van der Waals surface area contributed by atoms with Crippen LogP contribution in [0.15, 0.2) is 17.1 Å². The number of aromatic nitrogens is 3. The summed E-state index contributed by atoms with van der Waals surface area (Å²) in [6.07, 6.45) is 1.60. The van der Waals surface area contributed by atoms with Gasteiger partial charge >= 0.3 is 11.7 Å². The summed E-state index contributed by atoms with van der Waals surface area (Å²) in [7, 11) is 1.67. The van der Waals surface area contributed by atoms with Crippen LogP contribution in [0.25, 0.3) is 11.2 Å². The molecule has 2 amide bonds. The van der Waals surface area contributed by atoms with E-state index in [-0.39, 0.29) is 17.8 Å². The van der Waals surface area contributed by atoms with Gasteiger partial charge in [0.2, 0.25) is 0 Å². The second kappa shape index (κ2) is 7.62. The molecule has 1 aromatic carbocycles. The lowest BCUT2D eigenvalue weighted by Gasteiger charge is -2.22. The first-order chi connectivity index (χ1) is 13.6. The Morgan fingerprint density at radius 1 is 1.14 bits per heavy atom. The molecule has 29 heavy (non-hydrogen) atoms. The van der Waals surface area contributed by atoms with Crippen molar-refractivity contribution < 1.29 is 9.53 Å². The molecule has 0 aliphatic rings. The number of imidazole rings is 1. The number of rotatable bonds is 4. The summed E-state index contributed by atoms with van der Waals surface area (Å²) in [4.78, 5) is 31.1. The Morgan fingerprint density at radius 2 is 1.76 bits per heavy atom. The molecule has 0 unspecified atom stereocenters. The first-order valence-electron chi connectivity index (χ1n) is 9.51. The molecule has 3 aromatic rings. The summed E-state index contributed by atoms with van der Waals surface area (Å²) < 4.78 is 7.77. The van der Waals surface area contributed by atoms with E-state index in [2.05, 4.69) is 20.6 Å². The molecule has 0 saturated carbocycles. The minimum Gasteiger partial charge on any atom is -0.454 e. The average molecular weight is 397 g/mol. The van der Waals surface area contributed by atoms with Crippen molar-refractivity contribution in [2.45, 2.75) is 47.6 Å². The third-order valence-electron chi connectivity index (χ3n) is 5.18. The SMILES string of the molecule is Cc1c(C)c(Oc2ccnc3[nH]c(=O)n(C)c23)c(C)c(C)c1NC(=O)NC(C)C. The first kappa shape index (κ1) is 20.4. The van der Waals surface area contributed by atoms with Crippen LogP contribution in [0, 0.1) is 27.7 Å². The molecule has 0 radical (unpaired) electrons. The van der Waals surface area contributed by atoms with E-state index in [4.69, 9.17) is 4.74 Å². The van der Waals surface area contributed by atoms with Gasteiger partial charge in [-0.3, -0.25) is 9.55 Å². The molecule has 0 atom stereocenters. The monoisotopic (exact) mass is 397 g/mol. The maximum atomic E-state index is 12.2. The molecule has 3 N–H and O–H groups in total. The number of nitrogens with zero attached hydrogens (tertiary/aromatic N) is 2. The lowest BCUT2D eigenvalue weighted by atomic mass is 9.97. The first-order valence-corrected chi connectivity index (χ1v) is 9.51. The Balaban J connectivity index is 2.06. The zero-order valence-electron chi connectivity index (χ0n) is 17.9. The minimum absolute atomic E-state index is 0.0440. The number of carbonyl (C=O) groups excluding carboxylic acids is 1. The Hall–Kier alpha value is -3.29. The van der Waals surface area contributed by atoms with Gasteiger partial charge in [0, 0.05) is 31.0 Å². The number of benzene rings is 1. The molecule has 2 aromatic heterocycles. The molecule has 0 aliphatic carbocycles. The van der Waals surface area contributed by atoms with E-state index in [1.807, 2.05) is 41.5 Å². The van der Waals surface area contributed by atoms with Crippen molar-refractivity contribution in [3.05, 3.63) is 45.0 Å². The second-order valence-corrected chi connectivity index (χ2v) is 7.55. The van der Waals surface area contributed by atoms with Crippen LogP contribution in [0.3, 0.4) is 0 Å². The summed E-state index contributed by atoms with van der Waals surface area (Å²) in [5.74, 6) is 1.25. The molecule has 0 fully saturated rings. The van der Waals surface area contributed by atoms with Gasteiger partial charge in [0.25, 0.3) is 0 Å². The van der Waals surface area contributed by atoms with Crippen molar-refractivity contribution >= 4 is 22.9 Å². The van der Waals surface area contributed by atoms with Gasteiger partial charge in [-0.15, -0.1) is 0 Å². The summed E-state index contributed by atoms with van der Waals surface area (Å²) >= 11 is 0. The number of aromatic amines is 1. The van der Waals surface area contributed by atoms with Gasteiger partial charge in [-0.05, 0) is 63.8 Å². The Bertz CT molecular complexity index is 1130. The Kier molecular flexibility index (Phi) is 5.37. The van der Waals surface area contributed by atoms with Crippen LogP contribution in [-0.2, 0) is 7.05 Å². The van der Waals surface area contributed by atoms with Gasteiger partial charge in [0.05, 0.1) is 0 Å². The number of ether oxygens (including phenoxy) is 1. The number of amides is 2. The maximum Gasteiger partial charge on any atom is 0.327 e. The zero-order chi connectivity index (χ0) is 21.5. The number of carbonyl (C=O) groups is 1. The summed E-state index contributed by atoms with van der Waals surface area (Å²) in [5.41, 5.74) is 5.29. The summed E-state index contributed by atoms with van der Waals surface area (Å²) in [6, 6.07) is 1.54. The van der Waals surface area contributed by atoms with E-state index in [1.165, 1.54) is 4.57 Å². The number of nitrogens with one attached hydrogen (secondary N) is 3. The highest BCUT2D eigenvalue weighted by atomic mass is 16.5. The molecular formula is C21H27N5O3. The van der Waals surface area contributed by atoms with Crippen molar-refractivity contribution in [1.82, 2.24) is 19.9 Å². The van der Waals surface area contributed by atoms with Gasteiger partial charge < -0.3 is 15.4 Å². The highest BCUT2D eigenvalue weighted by Gasteiger charge is 2.20. The summed E-state index contributed by atoms with van der Waals surface area (Å²) in [6.45, 7) is 11.6. The van der Waals surface area contributed by atoms with Gasteiger partial charge in [0.15, 0.2) is 11.4 Å². The van der Waals surface area contributed by atoms with Crippen molar-refractivity contribution in [2.75, 3.05) is 5.32 Å². The van der Waals surface area contributed by atoms with E-state index in [9.17, 15) is 9.59 Å². The molecular weight excluding hydrogens is 370 g/mol. The van der Waals surface area contributed by atoms with Crippen LogP contribution < -0.4 is 21.1 Å². The topological polar surface area (TPSA) is 101 Å². The fourth-order valence-corrected chi connectivity index (χ4v) is 3.36. The largest absolute Gasteiger partial charge is 0.454 e. The molecule has 0 aliphatic heterocycles. The van der Waals surface area contributed by atoms with Crippen LogP contribution in [0.4, 0.5) is 10.5 Å². The molecule has 2 heterocycles. The molecule has 154 valence electrons. The highest BCUT2D eigenvalue weighted by molar-refractivity contribution is 5.92. The maximum absolute atomic E-state index is 12.2. The van der Waals surface area contributed by atoms with Crippen LogP contribution in [0.1, 0.15) is 36.1 Å². The van der Waals surface area contributed by atoms with Gasteiger partial charge in [-0.2, -0.15) is 0 Å². The number of hydrogen-bond acceptors (Lipinski definition) is 4. The van der Waals surface area contributed by atoms with Crippen LogP contribution in [0.2, 0.25) is 0 Å². The fourth-order valence-electron chi connectivity index (χ4n) is 3.36. The van der Waals surface area contributed by atoms with Gasteiger partial charge in [-0.25, -0.2) is 14.6 Å². The molecule has 3 rings (SSSR count). The normalized spacial score (nSPS) is 11.2. The Morgan fingerprint density at radius 3 is 2.34 bits per heavy atom. The number of H-pyrrole nitrogens is 1. The van der Waals surface area contributed by atoms with Crippen LogP contribution >= 0.6 is 0 Å². The predicted molar refractivity (Wildman–Crippen MR) is 114 cm³/mol. The molecule has 8 nitrogen and oxygen atoms in total. The van der Waals surface area contributed by atoms with E-state index >= 15 is 0 Å². The number of fused-ring (bicyclic) bond motifs is 1. The van der Waals surface area contributed by atoms with Crippen molar-refractivity contribution in [3.63, 3.8) is 0 Å². The predicted octanol–water partition coefficient (Wildman–Crippen LogP) is 3.82. The number of anilines is 1. The van der Waals surface area contributed by atoms with E-state index in [1.54, 1.807) is 19.3 Å². The number of hydrogen-bond donors (Lipinski definition) is 3. The van der Waals surface area contributed by atoms with Crippen LogP contribution in [0.5, 0.6) is 11.5 Å². The van der Waals surface area contributed by atoms with Gasteiger partial charge in [0.1, 0.15) is 11.3 Å². The Labute approximate surface area is 169 Å². The number of pyridine rings is 1. The fraction of sp³-hybridized carbons (Fsp3) is 0.381. The smallest absolute Gasteiger partial charge is 0.327 e. The van der Waals surface area contributed by atoms with E-state index in [0.29, 0.717) is 22.7 Å². The van der Waals surface area contributed by atoms with Crippen molar-refractivity contribution in [2.24, 2.45) is 7.05 Å². The van der Waals surface area contributed by atoms with Crippen molar-refractivity contribution in [3.8, 4) is 11.5 Å². The number of aryl methyl sites for hydroxylation is 1. The average Bonchev–Trinajstić information content (AvgIpc) is 2.95. The lowest BCUT2D eigenvalue weighted by Crippen LogP contribution is -2.34. The number of urea groups is 1. The second-order valence-electron chi connectivity index (χ2n) is 7.55. The lowest BCUT2D eigenvalue weighted by molar-refractivity contribution is 0.250.